The standard InChI is InChI=1S/C25H34ClN3O5S/c1-7-22(24(31)27-25(2,3)4)29(16-18-9-8-10-20(15-18)34-6)23(30)17-28(5)35(32,33)21-13-11-19(26)12-14-21/h8-15,22H,7,16-17H2,1-6H3,(H,27,31). The number of carbonyl (C=O) groups excluding carboxylic acids is 2. The maximum atomic E-state index is 13.5. The normalized spacial score (nSPS) is 12.8. The molecule has 0 aliphatic carbocycles. The van der Waals surface area contributed by atoms with E-state index in [-0.39, 0.29) is 17.3 Å². The summed E-state index contributed by atoms with van der Waals surface area (Å²) in [5, 5.41) is 3.33. The number of ether oxygens (including phenoxy) is 1. The SMILES string of the molecule is CCC(C(=O)NC(C)(C)C)N(Cc1cccc(OC)c1)C(=O)CN(C)S(=O)(=O)c1ccc(Cl)cc1. The molecule has 2 amide bonds. The highest BCUT2D eigenvalue weighted by molar-refractivity contribution is 7.89. The number of likely N-dealkylation sites (N-methyl/N-ethyl adjacent to an activating group) is 1. The van der Waals surface area contributed by atoms with Gasteiger partial charge < -0.3 is 15.0 Å². The fraction of sp³-hybridized carbons (Fsp3) is 0.440. The first kappa shape index (κ1) is 28.6. The summed E-state index contributed by atoms with van der Waals surface area (Å²) >= 11 is 5.88. The summed E-state index contributed by atoms with van der Waals surface area (Å²) in [7, 11) is -1.06. The molecular formula is C25H34ClN3O5S. The number of rotatable bonds is 10. The first-order chi connectivity index (χ1) is 16.3. The Bertz CT molecular complexity index is 1130. The molecule has 0 heterocycles. The lowest BCUT2D eigenvalue weighted by atomic mass is 10.1. The Morgan fingerprint density at radius 3 is 2.29 bits per heavy atom. The van der Waals surface area contributed by atoms with Crippen molar-refractivity contribution in [2.45, 2.75) is 57.1 Å². The number of methoxy groups -OCH3 is 1. The Morgan fingerprint density at radius 2 is 1.74 bits per heavy atom. The Hall–Kier alpha value is -2.62. The summed E-state index contributed by atoms with van der Waals surface area (Å²) in [6, 6.07) is 12.1. The van der Waals surface area contributed by atoms with Gasteiger partial charge >= 0.3 is 0 Å². The molecule has 2 rings (SSSR count). The largest absolute Gasteiger partial charge is 0.497 e. The zero-order chi connectivity index (χ0) is 26.4. The van der Waals surface area contributed by atoms with Gasteiger partial charge in [-0.3, -0.25) is 9.59 Å². The molecule has 0 bridgehead atoms. The van der Waals surface area contributed by atoms with Crippen LogP contribution in [0, 0.1) is 0 Å². The third-order valence-electron chi connectivity index (χ3n) is 5.25. The van der Waals surface area contributed by atoms with Crippen LogP contribution < -0.4 is 10.1 Å². The van der Waals surface area contributed by atoms with Crippen LogP contribution in [0.1, 0.15) is 39.7 Å². The molecule has 1 atom stereocenters. The van der Waals surface area contributed by atoms with Gasteiger partial charge in [-0.15, -0.1) is 0 Å². The first-order valence-electron chi connectivity index (χ1n) is 11.2. The molecule has 0 aliphatic rings. The Labute approximate surface area is 213 Å². The van der Waals surface area contributed by atoms with Crippen molar-refractivity contribution in [3.05, 3.63) is 59.1 Å². The minimum absolute atomic E-state index is 0.0223. The van der Waals surface area contributed by atoms with Crippen LogP contribution in [-0.4, -0.2) is 61.7 Å². The van der Waals surface area contributed by atoms with E-state index in [0.29, 0.717) is 17.2 Å². The van der Waals surface area contributed by atoms with E-state index in [4.69, 9.17) is 16.3 Å². The fourth-order valence-electron chi connectivity index (χ4n) is 3.49. The summed E-state index contributed by atoms with van der Waals surface area (Å²) in [6.45, 7) is 7.07. The zero-order valence-corrected chi connectivity index (χ0v) is 22.6. The van der Waals surface area contributed by atoms with E-state index in [9.17, 15) is 18.0 Å². The van der Waals surface area contributed by atoms with Crippen molar-refractivity contribution in [1.29, 1.82) is 0 Å². The van der Waals surface area contributed by atoms with E-state index in [0.717, 1.165) is 9.87 Å². The number of halogens is 1. The van der Waals surface area contributed by atoms with Gasteiger partial charge in [-0.05, 0) is 69.2 Å². The van der Waals surface area contributed by atoms with Gasteiger partial charge in [0.05, 0.1) is 18.6 Å². The minimum atomic E-state index is -3.94. The van der Waals surface area contributed by atoms with Gasteiger partial charge in [0.15, 0.2) is 0 Å². The molecule has 0 aromatic heterocycles. The molecule has 0 aliphatic heterocycles. The van der Waals surface area contributed by atoms with Crippen LogP contribution >= 0.6 is 11.6 Å². The lowest BCUT2D eigenvalue weighted by molar-refractivity contribution is -0.142. The summed E-state index contributed by atoms with van der Waals surface area (Å²) < 4.78 is 32.3. The van der Waals surface area contributed by atoms with Gasteiger partial charge in [0.25, 0.3) is 0 Å². The molecule has 2 aromatic carbocycles. The molecule has 0 saturated heterocycles. The van der Waals surface area contributed by atoms with Gasteiger partial charge in [0.2, 0.25) is 21.8 Å². The molecule has 8 nitrogen and oxygen atoms in total. The predicted molar refractivity (Wildman–Crippen MR) is 137 cm³/mol. The topological polar surface area (TPSA) is 96.0 Å². The fourth-order valence-corrected chi connectivity index (χ4v) is 4.74. The number of sulfonamides is 1. The van der Waals surface area contributed by atoms with Crippen LogP contribution in [0.5, 0.6) is 5.75 Å². The molecule has 1 N–H and O–H groups in total. The summed E-state index contributed by atoms with van der Waals surface area (Å²) in [5.74, 6) is -0.187. The number of amides is 2. The monoisotopic (exact) mass is 523 g/mol. The van der Waals surface area contributed by atoms with E-state index in [1.807, 2.05) is 33.8 Å². The Morgan fingerprint density at radius 1 is 1.11 bits per heavy atom. The number of hydrogen-bond donors (Lipinski definition) is 1. The number of benzene rings is 2. The van der Waals surface area contributed by atoms with Crippen molar-refractivity contribution >= 4 is 33.4 Å². The van der Waals surface area contributed by atoms with Crippen LogP contribution in [0.2, 0.25) is 5.02 Å². The maximum Gasteiger partial charge on any atom is 0.243 e. The molecule has 0 radical (unpaired) electrons. The smallest absolute Gasteiger partial charge is 0.243 e. The van der Waals surface area contributed by atoms with Crippen LogP contribution in [0.25, 0.3) is 0 Å². The third-order valence-corrected chi connectivity index (χ3v) is 7.32. The highest BCUT2D eigenvalue weighted by Crippen LogP contribution is 2.20. The molecular weight excluding hydrogens is 490 g/mol. The quantitative estimate of drug-likeness (QED) is 0.512. The van der Waals surface area contributed by atoms with Crippen LogP contribution in [0.3, 0.4) is 0 Å². The number of carbonyl (C=O) groups is 2. The molecule has 1 unspecified atom stereocenters. The highest BCUT2D eigenvalue weighted by atomic mass is 35.5. The van der Waals surface area contributed by atoms with Gasteiger partial charge in [-0.2, -0.15) is 4.31 Å². The number of nitrogens with zero attached hydrogens (tertiary/aromatic N) is 2. The molecule has 0 spiro atoms. The molecule has 35 heavy (non-hydrogen) atoms. The lowest BCUT2D eigenvalue weighted by Gasteiger charge is -2.34. The van der Waals surface area contributed by atoms with Gasteiger partial charge in [0, 0.05) is 24.2 Å². The van der Waals surface area contributed by atoms with Crippen LogP contribution in [0.15, 0.2) is 53.4 Å². The lowest BCUT2D eigenvalue weighted by Crippen LogP contribution is -2.55. The number of hydrogen-bond acceptors (Lipinski definition) is 5. The van der Waals surface area contributed by atoms with Gasteiger partial charge in [0.1, 0.15) is 11.8 Å². The summed E-state index contributed by atoms with van der Waals surface area (Å²) in [4.78, 5) is 28.1. The average molecular weight is 524 g/mol. The third kappa shape index (κ3) is 7.95. The van der Waals surface area contributed by atoms with E-state index in [1.54, 1.807) is 25.3 Å². The van der Waals surface area contributed by atoms with E-state index in [1.165, 1.54) is 36.2 Å². The average Bonchev–Trinajstić information content (AvgIpc) is 2.78. The van der Waals surface area contributed by atoms with Crippen molar-refractivity contribution in [3.8, 4) is 5.75 Å². The minimum Gasteiger partial charge on any atom is -0.497 e. The van der Waals surface area contributed by atoms with Crippen molar-refractivity contribution in [2.75, 3.05) is 20.7 Å². The second kappa shape index (κ2) is 11.9. The predicted octanol–water partition coefficient (Wildman–Crippen LogP) is 3.69. The summed E-state index contributed by atoms with van der Waals surface area (Å²) in [6.07, 6.45) is 0.352. The molecule has 0 fully saturated rings. The number of nitrogens with one attached hydrogen (secondary N) is 1. The van der Waals surface area contributed by atoms with E-state index < -0.39 is 34.1 Å². The van der Waals surface area contributed by atoms with Gasteiger partial charge in [-0.1, -0.05) is 30.7 Å². The first-order valence-corrected chi connectivity index (χ1v) is 13.1. The Balaban J connectivity index is 2.37. The van der Waals surface area contributed by atoms with Crippen molar-refractivity contribution < 1.29 is 22.7 Å². The molecule has 0 saturated carbocycles. The molecule has 10 heteroatoms. The maximum absolute atomic E-state index is 13.5. The van der Waals surface area contributed by atoms with Crippen molar-refractivity contribution in [3.63, 3.8) is 0 Å². The van der Waals surface area contributed by atoms with E-state index >= 15 is 0 Å². The zero-order valence-electron chi connectivity index (χ0n) is 21.0. The second-order valence-electron chi connectivity index (χ2n) is 9.25. The van der Waals surface area contributed by atoms with E-state index in [2.05, 4.69) is 5.32 Å². The van der Waals surface area contributed by atoms with Crippen LogP contribution in [0.4, 0.5) is 0 Å². The highest BCUT2D eigenvalue weighted by Gasteiger charge is 2.33. The summed E-state index contributed by atoms with van der Waals surface area (Å²) in [5.41, 5.74) is 0.257. The Kier molecular flexibility index (Phi) is 9.71. The molecule has 192 valence electrons. The van der Waals surface area contributed by atoms with Crippen molar-refractivity contribution in [2.24, 2.45) is 0 Å². The van der Waals surface area contributed by atoms with Crippen molar-refractivity contribution in [1.82, 2.24) is 14.5 Å². The van der Waals surface area contributed by atoms with Gasteiger partial charge in [-0.25, -0.2) is 8.42 Å². The van der Waals surface area contributed by atoms with Crippen LogP contribution in [-0.2, 0) is 26.2 Å². The molecule has 2 aromatic rings. The second-order valence-corrected chi connectivity index (χ2v) is 11.7.